The van der Waals surface area contributed by atoms with E-state index in [1.165, 1.54) is 11.3 Å². The molecule has 0 bridgehead atoms. The molecule has 0 saturated heterocycles. The van der Waals surface area contributed by atoms with Crippen LogP contribution in [0.25, 0.3) is 21.6 Å². The first-order chi connectivity index (χ1) is 12.5. The summed E-state index contributed by atoms with van der Waals surface area (Å²) in [7, 11) is -3.21. The van der Waals surface area contributed by atoms with Crippen molar-refractivity contribution in [1.82, 2.24) is 0 Å². The van der Waals surface area contributed by atoms with E-state index in [-0.39, 0.29) is 11.7 Å². The largest absolute Gasteiger partial charge is 0.457 e. The summed E-state index contributed by atoms with van der Waals surface area (Å²) in [6, 6.07) is 16.9. The predicted molar refractivity (Wildman–Crippen MR) is 102 cm³/mol. The monoisotopic (exact) mass is 384 g/mol. The molecule has 0 saturated carbocycles. The van der Waals surface area contributed by atoms with Gasteiger partial charge in [0.1, 0.15) is 11.5 Å². The normalized spacial score (nSPS) is 13.5. The van der Waals surface area contributed by atoms with Crippen LogP contribution in [0.2, 0.25) is 0 Å². The summed E-state index contributed by atoms with van der Waals surface area (Å²) in [5.41, 5.74) is 3.88. The number of rotatable bonds is 4. The Morgan fingerprint density at radius 2 is 1.73 bits per heavy atom. The Labute approximate surface area is 156 Å². The van der Waals surface area contributed by atoms with Gasteiger partial charge in [-0.25, -0.2) is 13.2 Å². The molecule has 0 amide bonds. The molecule has 0 fully saturated rings. The fourth-order valence-electron chi connectivity index (χ4n) is 3.01. The van der Waals surface area contributed by atoms with Gasteiger partial charge in [0, 0.05) is 10.4 Å². The highest BCUT2D eigenvalue weighted by atomic mass is 32.2. The summed E-state index contributed by atoms with van der Waals surface area (Å²) in [5.74, 6) is -0.178. The van der Waals surface area contributed by atoms with Gasteiger partial charge in [-0.1, -0.05) is 43.3 Å². The van der Waals surface area contributed by atoms with E-state index in [0.29, 0.717) is 16.4 Å². The minimum atomic E-state index is -3.21. The average Bonchev–Trinajstić information content (AvgIpc) is 3.24. The number of cyclic esters (lactones) is 1. The highest BCUT2D eigenvalue weighted by Crippen LogP contribution is 2.40. The number of carbonyl (C=O) groups is 1. The molecule has 2 aromatic carbocycles. The zero-order chi connectivity index (χ0) is 18.3. The molecule has 1 aliphatic heterocycles. The smallest absolute Gasteiger partial charge is 0.349 e. The third-order valence-corrected chi connectivity index (χ3v) is 7.39. The molecule has 0 radical (unpaired) electrons. The van der Waals surface area contributed by atoms with Crippen molar-refractivity contribution in [2.75, 3.05) is 5.75 Å². The van der Waals surface area contributed by atoms with E-state index >= 15 is 0 Å². The van der Waals surface area contributed by atoms with Crippen molar-refractivity contribution >= 4 is 27.1 Å². The van der Waals surface area contributed by atoms with E-state index in [0.717, 1.165) is 27.1 Å². The van der Waals surface area contributed by atoms with Gasteiger partial charge < -0.3 is 4.74 Å². The van der Waals surface area contributed by atoms with Gasteiger partial charge in [0.05, 0.1) is 10.6 Å². The van der Waals surface area contributed by atoms with Crippen molar-refractivity contribution in [2.24, 2.45) is 0 Å². The zero-order valence-electron chi connectivity index (χ0n) is 14.1. The topological polar surface area (TPSA) is 60.4 Å². The Hall–Kier alpha value is -2.44. The second-order valence-corrected chi connectivity index (χ2v) is 9.34. The van der Waals surface area contributed by atoms with Crippen LogP contribution in [-0.2, 0) is 21.2 Å². The summed E-state index contributed by atoms with van der Waals surface area (Å²) >= 11 is 1.43. The van der Waals surface area contributed by atoms with Crippen LogP contribution in [0.15, 0.2) is 59.5 Å². The minimum absolute atomic E-state index is 0.0831. The van der Waals surface area contributed by atoms with E-state index in [2.05, 4.69) is 0 Å². The van der Waals surface area contributed by atoms with Crippen molar-refractivity contribution in [1.29, 1.82) is 0 Å². The third kappa shape index (κ3) is 2.85. The number of thiophene rings is 1. The first-order valence-corrected chi connectivity index (χ1v) is 10.7. The quantitative estimate of drug-likeness (QED) is 0.619. The van der Waals surface area contributed by atoms with Gasteiger partial charge in [0.2, 0.25) is 0 Å². The second-order valence-electron chi connectivity index (χ2n) is 6.01. The van der Waals surface area contributed by atoms with Gasteiger partial charge in [-0.05, 0) is 34.9 Å². The Bertz CT molecular complexity index is 1090. The molecule has 1 aromatic heterocycles. The van der Waals surface area contributed by atoms with Crippen LogP contribution < -0.4 is 0 Å². The lowest BCUT2D eigenvalue weighted by Crippen LogP contribution is -2.03. The van der Waals surface area contributed by atoms with Gasteiger partial charge >= 0.3 is 5.97 Å². The van der Waals surface area contributed by atoms with E-state index in [1.807, 2.05) is 42.5 Å². The Morgan fingerprint density at radius 3 is 2.38 bits per heavy atom. The van der Waals surface area contributed by atoms with Crippen molar-refractivity contribution in [2.45, 2.75) is 18.4 Å². The second kappa shape index (κ2) is 6.37. The SMILES string of the molecule is CCS(=O)(=O)c1ccc(-c2ccccc2-c2cc3c(s2)C(=O)OC3)cc1. The molecule has 0 unspecified atom stereocenters. The standard InChI is InChI=1S/C20H16O4S2/c1-2-26(22,23)15-9-7-13(8-10-15)16-5-3-4-6-17(16)18-11-14-12-24-20(21)19(14)25-18/h3-11H,2,12H2,1H3. The molecule has 0 spiro atoms. The van der Waals surface area contributed by atoms with Gasteiger partial charge in [0.15, 0.2) is 9.84 Å². The molecular weight excluding hydrogens is 368 g/mol. The molecule has 4 rings (SSSR count). The van der Waals surface area contributed by atoms with Gasteiger partial charge in [-0.2, -0.15) is 0 Å². The van der Waals surface area contributed by atoms with Gasteiger partial charge in [-0.3, -0.25) is 0 Å². The average molecular weight is 384 g/mol. The number of esters is 1. The van der Waals surface area contributed by atoms with Crippen LogP contribution in [0.1, 0.15) is 22.2 Å². The Morgan fingerprint density at radius 1 is 1.04 bits per heavy atom. The number of hydrogen-bond donors (Lipinski definition) is 0. The molecule has 0 N–H and O–H groups in total. The van der Waals surface area contributed by atoms with Gasteiger partial charge in [0.25, 0.3) is 0 Å². The van der Waals surface area contributed by atoms with Crippen LogP contribution in [0.3, 0.4) is 0 Å². The minimum Gasteiger partial charge on any atom is -0.457 e. The maximum absolute atomic E-state index is 12.0. The molecule has 132 valence electrons. The predicted octanol–water partition coefficient (Wildman–Crippen LogP) is 4.55. The lowest BCUT2D eigenvalue weighted by atomic mass is 9.98. The maximum Gasteiger partial charge on any atom is 0.349 e. The van der Waals surface area contributed by atoms with Crippen molar-refractivity contribution in [3.8, 4) is 21.6 Å². The summed E-state index contributed by atoms with van der Waals surface area (Å²) in [5, 5.41) is 0. The zero-order valence-corrected chi connectivity index (χ0v) is 15.7. The van der Waals surface area contributed by atoms with E-state index in [4.69, 9.17) is 4.74 Å². The molecule has 3 aromatic rings. The molecule has 0 atom stereocenters. The van der Waals surface area contributed by atoms with Gasteiger partial charge in [-0.15, -0.1) is 11.3 Å². The van der Waals surface area contributed by atoms with Crippen LogP contribution in [0.5, 0.6) is 0 Å². The summed E-state index contributed by atoms with van der Waals surface area (Å²) in [6.45, 7) is 1.97. The lowest BCUT2D eigenvalue weighted by Gasteiger charge is -2.09. The molecule has 1 aliphatic rings. The van der Waals surface area contributed by atoms with Crippen molar-refractivity contribution < 1.29 is 17.9 Å². The van der Waals surface area contributed by atoms with E-state index < -0.39 is 9.84 Å². The fourth-order valence-corrected chi connectivity index (χ4v) is 4.99. The summed E-state index contributed by atoms with van der Waals surface area (Å²) in [4.78, 5) is 13.8. The number of hydrogen-bond acceptors (Lipinski definition) is 5. The molecule has 2 heterocycles. The van der Waals surface area contributed by atoms with E-state index in [1.54, 1.807) is 19.1 Å². The first-order valence-electron chi connectivity index (χ1n) is 8.22. The lowest BCUT2D eigenvalue weighted by molar-refractivity contribution is 0.0538. The highest BCUT2D eigenvalue weighted by molar-refractivity contribution is 7.91. The first kappa shape index (κ1) is 17.0. The summed E-state index contributed by atoms with van der Waals surface area (Å²) < 4.78 is 29.1. The fraction of sp³-hybridized carbons (Fsp3) is 0.150. The number of benzene rings is 2. The molecule has 6 heteroatoms. The molecular formula is C20H16O4S2. The summed E-state index contributed by atoms with van der Waals surface area (Å²) in [6.07, 6.45) is 0. The molecule has 26 heavy (non-hydrogen) atoms. The Kier molecular flexibility index (Phi) is 4.17. The molecule has 0 aliphatic carbocycles. The number of fused-ring (bicyclic) bond motifs is 1. The third-order valence-electron chi connectivity index (χ3n) is 4.45. The van der Waals surface area contributed by atoms with Crippen LogP contribution in [0.4, 0.5) is 0 Å². The highest BCUT2D eigenvalue weighted by Gasteiger charge is 2.25. The van der Waals surface area contributed by atoms with Crippen LogP contribution >= 0.6 is 11.3 Å². The number of ether oxygens (including phenoxy) is 1. The van der Waals surface area contributed by atoms with E-state index in [9.17, 15) is 13.2 Å². The van der Waals surface area contributed by atoms with Crippen LogP contribution in [-0.4, -0.2) is 20.1 Å². The van der Waals surface area contributed by atoms with Crippen LogP contribution in [0, 0.1) is 0 Å². The van der Waals surface area contributed by atoms with Crippen molar-refractivity contribution in [3.63, 3.8) is 0 Å². The number of carbonyl (C=O) groups excluding carboxylic acids is 1. The van der Waals surface area contributed by atoms with Crippen molar-refractivity contribution in [3.05, 3.63) is 65.0 Å². The Balaban J connectivity index is 1.77. The number of sulfone groups is 1. The maximum atomic E-state index is 12.0. The molecule has 4 nitrogen and oxygen atoms in total.